The molecule has 1 heterocycles. The van der Waals surface area contributed by atoms with E-state index in [-0.39, 0.29) is 12.5 Å². The van der Waals surface area contributed by atoms with Crippen LogP contribution < -0.4 is 11.1 Å². The fraction of sp³-hybridized carbons (Fsp3) is 0.273. The first-order valence-corrected chi connectivity index (χ1v) is 9.32. The molecule has 1 aliphatic rings. The summed E-state index contributed by atoms with van der Waals surface area (Å²) in [6.45, 7) is 2.77. The van der Waals surface area contributed by atoms with Gasteiger partial charge in [0.25, 0.3) is 0 Å². The highest BCUT2D eigenvalue weighted by atomic mass is 16.3. The van der Waals surface area contributed by atoms with Gasteiger partial charge in [-0.3, -0.25) is 4.79 Å². The molecule has 28 heavy (non-hydrogen) atoms. The van der Waals surface area contributed by atoms with Crippen molar-refractivity contribution in [2.45, 2.75) is 20.0 Å². The zero-order valence-corrected chi connectivity index (χ0v) is 16.3. The van der Waals surface area contributed by atoms with E-state index in [1.165, 1.54) is 0 Å². The lowest BCUT2D eigenvalue weighted by Crippen LogP contribution is -2.40. The highest BCUT2D eigenvalue weighted by Gasteiger charge is 2.22. The Morgan fingerprint density at radius 3 is 2.29 bits per heavy atom. The highest BCUT2D eigenvalue weighted by Crippen LogP contribution is 2.24. The summed E-state index contributed by atoms with van der Waals surface area (Å²) >= 11 is 0. The van der Waals surface area contributed by atoms with Crippen molar-refractivity contribution in [1.82, 2.24) is 10.2 Å². The summed E-state index contributed by atoms with van der Waals surface area (Å²) in [4.78, 5) is 18.1. The van der Waals surface area contributed by atoms with Crippen LogP contribution in [-0.2, 0) is 11.4 Å². The number of nitrogens with zero attached hydrogens (tertiary/aromatic N) is 2. The molecule has 0 radical (unpaired) electrons. The third-order valence-electron chi connectivity index (χ3n) is 4.99. The molecule has 2 aromatic carbocycles. The minimum absolute atomic E-state index is 0.0389. The quantitative estimate of drug-likeness (QED) is 0.551. The van der Waals surface area contributed by atoms with Gasteiger partial charge in [-0.2, -0.15) is 0 Å². The van der Waals surface area contributed by atoms with Crippen molar-refractivity contribution in [3.8, 4) is 11.1 Å². The second-order valence-corrected chi connectivity index (χ2v) is 6.80. The van der Waals surface area contributed by atoms with Gasteiger partial charge in [-0.15, -0.1) is 0 Å². The predicted molar refractivity (Wildman–Crippen MR) is 112 cm³/mol. The lowest BCUT2D eigenvalue weighted by Gasteiger charge is -2.29. The van der Waals surface area contributed by atoms with Gasteiger partial charge < -0.3 is 21.1 Å². The average molecular weight is 378 g/mol. The Labute approximate surface area is 165 Å². The van der Waals surface area contributed by atoms with Gasteiger partial charge in [-0.05, 0) is 28.8 Å². The molecule has 2 aromatic rings. The molecular weight excluding hydrogens is 352 g/mol. The van der Waals surface area contributed by atoms with E-state index >= 15 is 0 Å². The summed E-state index contributed by atoms with van der Waals surface area (Å²) in [5.41, 5.74) is 12.0. The van der Waals surface area contributed by atoms with Crippen LogP contribution in [0, 0.1) is 0 Å². The molecule has 1 aliphatic heterocycles. The number of nitrogens with one attached hydrogen (secondary N) is 1. The summed E-state index contributed by atoms with van der Waals surface area (Å²) < 4.78 is 0. The van der Waals surface area contributed by atoms with Crippen molar-refractivity contribution in [3.63, 3.8) is 0 Å². The van der Waals surface area contributed by atoms with Crippen LogP contribution >= 0.6 is 0 Å². The second-order valence-electron chi connectivity index (χ2n) is 6.80. The minimum Gasteiger partial charge on any atom is -0.392 e. The van der Waals surface area contributed by atoms with Crippen LogP contribution in [0.1, 0.15) is 18.9 Å². The summed E-state index contributed by atoms with van der Waals surface area (Å²) in [6.07, 6.45) is 0.740. The smallest absolute Gasteiger partial charge is 0.219 e. The van der Waals surface area contributed by atoms with Gasteiger partial charge in [-0.1, -0.05) is 36.4 Å². The number of hydrogen-bond donors (Lipinski definition) is 3. The van der Waals surface area contributed by atoms with Crippen LogP contribution in [-0.4, -0.2) is 41.9 Å². The molecule has 0 aliphatic carbocycles. The third-order valence-corrected chi connectivity index (χ3v) is 4.99. The largest absolute Gasteiger partial charge is 0.392 e. The van der Waals surface area contributed by atoms with Gasteiger partial charge >= 0.3 is 0 Å². The van der Waals surface area contributed by atoms with Crippen LogP contribution in [0.4, 0.5) is 5.69 Å². The normalized spacial score (nSPS) is 15.0. The number of carbonyl (C=O) groups is 1. The van der Waals surface area contributed by atoms with Gasteiger partial charge in [-0.25, -0.2) is 4.99 Å². The van der Waals surface area contributed by atoms with E-state index in [0.29, 0.717) is 18.9 Å². The van der Waals surface area contributed by atoms with Gasteiger partial charge in [0, 0.05) is 38.2 Å². The molecule has 1 amide bonds. The van der Waals surface area contributed by atoms with E-state index < -0.39 is 0 Å². The molecule has 0 aromatic heterocycles. The topological polar surface area (TPSA) is 90.9 Å². The maximum atomic E-state index is 11.7. The molecule has 0 saturated heterocycles. The Morgan fingerprint density at radius 1 is 1.14 bits per heavy atom. The van der Waals surface area contributed by atoms with E-state index in [1.807, 2.05) is 55.6 Å². The number of aliphatic hydroxyl groups excluding tert-OH is 1. The number of aliphatic imine (C=N–C) groups is 1. The standard InChI is InChI=1S/C22H26N4O2/c1-15(28)26-12-11-21(24-2)20(13-26)22(23)25-19-9-7-18(8-10-19)17-5-3-16(14-27)4-6-17/h3-10,24,27H,11-14H2,1-2H3,(H2,23,25). The van der Waals surface area contributed by atoms with Crippen LogP contribution in [0.5, 0.6) is 0 Å². The van der Waals surface area contributed by atoms with Crippen molar-refractivity contribution in [3.05, 3.63) is 65.4 Å². The molecule has 0 fully saturated rings. The first-order chi connectivity index (χ1) is 13.5. The predicted octanol–water partition coefficient (Wildman–Crippen LogP) is 2.56. The van der Waals surface area contributed by atoms with Gasteiger partial charge in [0.2, 0.25) is 5.91 Å². The van der Waals surface area contributed by atoms with E-state index in [1.54, 1.807) is 11.8 Å². The molecule has 0 atom stereocenters. The number of hydrogen-bond acceptors (Lipinski definition) is 4. The molecule has 6 nitrogen and oxygen atoms in total. The van der Waals surface area contributed by atoms with Crippen molar-refractivity contribution in [2.75, 3.05) is 20.1 Å². The zero-order chi connectivity index (χ0) is 20.1. The van der Waals surface area contributed by atoms with Crippen LogP contribution in [0.2, 0.25) is 0 Å². The number of carbonyl (C=O) groups excluding carboxylic acids is 1. The maximum absolute atomic E-state index is 11.7. The molecular formula is C22H26N4O2. The summed E-state index contributed by atoms with van der Waals surface area (Å²) in [7, 11) is 1.86. The number of benzene rings is 2. The Hall–Kier alpha value is -3.12. The van der Waals surface area contributed by atoms with Crippen molar-refractivity contribution < 1.29 is 9.90 Å². The van der Waals surface area contributed by atoms with Crippen molar-refractivity contribution in [2.24, 2.45) is 10.7 Å². The van der Waals surface area contributed by atoms with Gasteiger partial charge in [0.05, 0.1) is 18.8 Å². The Kier molecular flexibility index (Phi) is 6.11. The number of amidine groups is 1. The van der Waals surface area contributed by atoms with Crippen LogP contribution in [0.15, 0.2) is 64.8 Å². The van der Waals surface area contributed by atoms with Crippen LogP contribution in [0.3, 0.4) is 0 Å². The molecule has 0 bridgehead atoms. The SMILES string of the molecule is CNC1=C(C(N)=Nc2ccc(-c3ccc(CO)cc3)cc2)CN(C(C)=O)CC1. The Morgan fingerprint density at radius 2 is 1.75 bits per heavy atom. The fourth-order valence-electron chi connectivity index (χ4n) is 3.28. The van der Waals surface area contributed by atoms with E-state index in [4.69, 9.17) is 10.8 Å². The Balaban J connectivity index is 1.81. The van der Waals surface area contributed by atoms with Crippen molar-refractivity contribution in [1.29, 1.82) is 0 Å². The zero-order valence-electron chi connectivity index (χ0n) is 16.3. The lowest BCUT2D eigenvalue weighted by atomic mass is 10.0. The monoisotopic (exact) mass is 378 g/mol. The molecule has 0 spiro atoms. The second kappa shape index (κ2) is 8.71. The third kappa shape index (κ3) is 4.40. The molecule has 3 rings (SSSR count). The van der Waals surface area contributed by atoms with Gasteiger partial charge in [0.15, 0.2) is 0 Å². The summed E-state index contributed by atoms with van der Waals surface area (Å²) in [6, 6.07) is 15.6. The van der Waals surface area contributed by atoms with E-state index in [0.717, 1.165) is 40.1 Å². The first-order valence-electron chi connectivity index (χ1n) is 9.32. The van der Waals surface area contributed by atoms with E-state index in [9.17, 15) is 4.79 Å². The molecule has 6 heteroatoms. The fourth-order valence-corrected chi connectivity index (χ4v) is 3.28. The Bertz CT molecular complexity index is 899. The first kappa shape index (κ1) is 19.6. The maximum Gasteiger partial charge on any atom is 0.219 e. The molecule has 0 saturated carbocycles. The molecule has 4 N–H and O–H groups in total. The average Bonchev–Trinajstić information content (AvgIpc) is 2.73. The summed E-state index contributed by atoms with van der Waals surface area (Å²) in [5, 5.41) is 12.3. The lowest BCUT2D eigenvalue weighted by molar-refractivity contribution is -0.128. The summed E-state index contributed by atoms with van der Waals surface area (Å²) in [5.74, 6) is 0.465. The number of nitrogens with two attached hydrogens (primary N) is 1. The number of rotatable bonds is 5. The molecule has 0 unspecified atom stereocenters. The minimum atomic E-state index is 0.0389. The highest BCUT2D eigenvalue weighted by molar-refractivity contribution is 6.00. The van der Waals surface area contributed by atoms with E-state index in [2.05, 4.69) is 10.3 Å². The molecule has 146 valence electrons. The van der Waals surface area contributed by atoms with Gasteiger partial charge in [0.1, 0.15) is 5.84 Å². The number of amides is 1. The van der Waals surface area contributed by atoms with Crippen molar-refractivity contribution >= 4 is 17.4 Å². The number of aliphatic hydroxyl groups is 1. The van der Waals surface area contributed by atoms with Crippen LogP contribution in [0.25, 0.3) is 11.1 Å².